The Morgan fingerprint density at radius 3 is 1.98 bits per heavy atom. The third kappa shape index (κ3) is 9.38. The molecule has 0 spiro atoms. The molecule has 304 valence electrons. The number of carbonyl (C=O) groups is 2. The SMILES string of the molecule is CCC1OC(=O)[C@@H](C)C(OC2CC(C)(OC)C(O)C(C)O2)[C@@H](C)[C@H](OC2OC(C)CC(N(C)C)C2O)[C@@](C)(OC)C[C@H](C)C(=O)[C@@H](C)[C@H](O)[C@@]1(C)O. The summed E-state index contributed by atoms with van der Waals surface area (Å²) < 4.78 is 43.9. The second-order valence-electron chi connectivity index (χ2n) is 16.6. The van der Waals surface area contributed by atoms with E-state index in [-0.39, 0.29) is 37.2 Å². The first-order chi connectivity index (χ1) is 24.0. The lowest BCUT2D eigenvalue weighted by Crippen LogP contribution is -2.61. The van der Waals surface area contributed by atoms with E-state index in [1.54, 1.807) is 48.5 Å². The van der Waals surface area contributed by atoms with Crippen molar-refractivity contribution in [2.75, 3.05) is 28.3 Å². The number of hydrogen-bond acceptors (Lipinski definition) is 14. The Morgan fingerprint density at radius 1 is 0.846 bits per heavy atom. The molecule has 3 heterocycles. The average molecular weight is 748 g/mol. The molecule has 0 radical (unpaired) electrons. The van der Waals surface area contributed by atoms with Gasteiger partial charge in [0.25, 0.3) is 0 Å². The van der Waals surface area contributed by atoms with Gasteiger partial charge in [-0.15, -0.1) is 0 Å². The molecule has 0 bridgehead atoms. The van der Waals surface area contributed by atoms with Gasteiger partial charge in [-0.05, 0) is 74.9 Å². The Labute approximate surface area is 310 Å². The number of carbonyl (C=O) groups excluding carboxylic acids is 2. The molecular weight excluding hydrogens is 678 g/mol. The van der Waals surface area contributed by atoms with Crippen molar-refractivity contribution >= 4 is 11.8 Å². The number of ketones is 1. The average Bonchev–Trinajstić information content (AvgIpc) is 3.09. The number of likely N-dealkylation sites (N-methyl/N-ethyl adjacent to an activating group) is 1. The molecule has 0 aromatic heterocycles. The molecule has 3 fully saturated rings. The van der Waals surface area contributed by atoms with Crippen LogP contribution in [0, 0.1) is 23.7 Å². The first kappa shape index (κ1) is 45.1. The number of esters is 1. The highest BCUT2D eigenvalue weighted by atomic mass is 16.7. The van der Waals surface area contributed by atoms with E-state index in [9.17, 15) is 30.0 Å². The van der Waals surface area contributed by atoms with Crippen LogP contribution in [0.15, 0.2) is 0 Å². The first-order valence-electron chi connectivity index (χ1n) is 18.9. The van der Waals surface area contributed by atoms with Crippen LogP contribution in [0.3, 0.4) is 0 Å². The summed E-state index contributed by atoms with van der Waals surface area (Å²) in [7, 11) is 6.77. The Kier molecular flexibility index (Phi) is 15.3. The highest BCUT2D eigenvalue weighted by Crippen LogP contribution is 2.41. The van der Waals surface area contributed by atoms with Gasteiger partial charge in [0.1, 0.15) is 29.7 Å². The second-order valence-corrected chi connectivity index (χ2v) is 16.6. The highest BCUT2D eigenvalue weighted by molar-refractivity contribution is 5.83. The number of ether oxygens (including phenoxy) is 7. The van der Waals surface area contributed by atoms with Crippen LogP contribution in [0.1, 0.15) is 94.9 Å². The van der Waals surface area contributed by atoms with Crippen LogP contribution in [0.4, 0.5) is 0 Å². The van der Waals surface area contributed by atoms with Crippen molar-refractivity contribution in [2.45, 2.75) is 179 Å². The van der Waals surface area contributed by atoms with Gasteiger partial charge < -0.3 is 58.5 Å². The number of aliphatic hydroxyl groups excluding tert-OH is 3. The van der Waals surface area contributed by atoms with Gasteiger partial charge in [0.2, 0.25) is 0 Å². The van der Waals surface area contributed by atoms with Crippen molar-refractivity contribution in [3.8, 4) is 0 Å². The molecule has 52 heavy (non-hydrogen) atoms. The van der Waals surface area contributed by atoms with Crippen LogP contribution in [-0.2, 0) is 42.7 Å². The van der Waals surface area contributed by atoms with Gasteiger partial charge >= 0.3 is 5.97 Å². The van der Waals surface area contributed by atoms with Crippen LogP contribution in [-0.4, -0.2) is 150 Å². The van der Waals surface area contributed by atoms with E-state index in [1.807, 2.05) is 32.8 Å². The van der Waals surface area contributed by atoms with Crippen LogP contribution in [0.2, 0.25) is 0 Å². The van der Waals surface area contributed by atoms with Crippen LogP contribution >= 0.6 is 0 Å². The summed E-state index contributed by atoms with van der Waals surface area (Å²) >= 11 is 0. The smallest absolute Gasteiger partial charge is 0.311 e. The fraction of sp³-hybridized carbons (Fsp3) is 0.947. The Hall–Kier alpha value is -1.30. The van der Waals surface area contributed by atoms with Crippen molar-refractivity contribution in [2.24, 2.45) is 23.7 Å². The minimum Gasteiger partial charge on any atom is -0.459 e. The number of rotatable bonds is 8. The summed E-state index contributed by atoms with van der Waals surface area (Å²) in [4.78, 5) is 30.1. The Morgan fingerprint density at radius 2 is 1.44 bits per heavy atom. The minimum absolute atomic E-state index is 0.111. The number of nitrogens with zero attached hydrogens (tertiary/aromatic N) is 1. The van der Waals surface area contributed by atoms with Gasteiger partial charge in [0, 0.05) is 44.4 Å². The molecule has 14 heteroatoms. The summed E-state index contributed by atoms with van der Waals surface area (Å²) in [5.74, 6) is -4.47. The van der Waals surface area contributed by atoms with Gasteiger partial charge in [-0.25, -0.2) is 0 Å². The third-order valence-corrected chi connectivity index (χ3v) is 12.3. The van der Waals surface area contributed by atoms with E-state index in [0.717, 1.165) is 0 Å². The summed E-state index contributed by atoms with van der Waals surface area (Å²) in [5, 5.41) is 45.6. The molecule has 0 saturated carbocycles. The van der Waals surface area contributed by atoms with E-state index >= 15 is 0 Å². The molecule has 14 nitrogen and oxygen atoms in total. The molecule has 18 atom stereocenters. The molecule has 0 aromatic rings. The van der Waals surface area contributed by atoms with E-state index in [1.165, 1.54) is 21.1 Å². The predicted octanol–water partition coefficient (Wildman–Crippen LogP) is 2.44. The lowest BCUT2D eigenvalue weighted by Gasteiger charge is -2.50. The molecule has 3 saturated heterocycles. The lowest BCUT2D eigenvalue weighted by molar-refractivity contribution is -0.319. The zero-order valence-corrected chi connectivity index (χ0v) is 33.9. The van der Waals surface area contributed by atoms with E-state index in [4.69, 9.17) is 33.2 Å². The van der Waals surface area contributed by atoms with Gasteiger partial charge in [-0.2, -0.15) is 0 Å². The quantitative estimate of drug-likeness (QED) is 0.266. The highest BCUT2D eigenvalue weighted by Gasteiger charge is 2.54. The molecule has 0 aromatic carbocycles. The van der Waals surface area contributed by atoms with Gasteiger partial charge in [0.15, 0.2) is 12.6 Å². The van der Waals surface area contributed by atoms with Crippen LogP contribution in [0.5, 0.6) is 0 Å². The number of aliphatic hydroxyl groups is 4. The molecule has 10 unspecified atom stereocenters. The molecular formula is C38H69NO13. The zero-order chi connectivity index (χ0) is 39.7. The largest absolute Gasteiger partial charge is 0.459 e. The molecule has 0 aliphatic carbocycles. The van der Waals surface area contributed by atoms with Gasteiger partial charge in [0.05, 0.1) is 47.6 Å². The summed E-state index contributed by atoms with van der Waals surface area (Å²) in [6.45, 7) is 17.1. The number of cyclic esters (lactones) is 1. The number of hydrogen-bond donors (Lipinski definition) is 4. The van der Waals surface area contributed by atoms with Crippen molar-refractivity contribution in [1.82, 2.24) is 4.90 Å². The molecule has 0 amide bonds. The minimum atomic E-state index is -1.96. The van der Waals surface area contributed by atoms with Crippen molar-refractivity contribution in [3.63, 3.8) is 0 Å². The van der Waals surface area contributed by atoms with Crippen molar-refractivity contribution in [1.29, 1.82) is 0 Å². The fourth-order valence-electron chi connectivity index (χ4n) is 8.58. The Bertz CT molecular complexity index is 1190. The summed E-state index contributed by atoms with van der Waals surface area (Å²) in [6.07, 6.45) is -8.73. The van der Waals surface area contributed by atoms with E-state index in [0.29, 0.717) is 6.42 Å². The van der Waals surface area contributed by atoms with E-state index in [2.05, 4.69) is 0 Å². The predicted molar refractivity (Wildman–Crippen MR) is 191 cm³/mol. The summed E-state index contributed by atoms with van der Waals surface area (Å²) in [5.41, 5.74) is -4.24. The number of Topliss-reactive ketones (excluding diaryl/α,β-unsaturated/α-hetero) is 1. The first-order valence-corrected chi connectivity index (χ1v) is 18.9. The molecule has 3 rings (SSSR count). The van der Waals surface area contributed by atoms with Crippen molar-refractivity contribution in [3.05, 3.63) is 0 Å². The van der Waals surface area contributed by atoms with Gasteiger partial charge in [-0.1, -0.05) is 27.7 Å². The van der Waals surface area contributed by atoms with Crippen molar-refractivity contribution < 1.29 is 63.2 Å². The standard InChI is InChI=1S/C38H69NO13/c1-15-26-38(10,45)31(42)21(4)28(40)19(2)17-37(9,47-14)33(52-35-29(41)25(39(11)12)16-20(3)48-35)22(5)30(23(6)34(44)50-26)51-27-18-36(8,46-13)32(43)24(7)49-27/h19-27,29-33,35,41-43,45H,15-18H2,1-14H3/t19-,20?,21+,22+,23-,24?,25?,26?,27?,29?,30?,31-,32?,33-,35?,36?,37-,38-/m0/s1. The number of methoxy groups -OCH3 is 2. The molecule has 3 aliphatic heterocycles. The monoisotopic (exact) mass is 747 g/mol. The molecule has 3 aliphatic rings. The van der Waals surface area contributed by atoms with E-state index < -0.39 is 102 Å². The van der Waals surface area contributed by atoms with Crippen LogP contribution in [0.25, 0.3) is 0 Å². The zero-order valence-electron chi connectivity index (χ0n) is 33.9. The normalized spacial score (nSPS) is 49.0. The third-order valence-electron chi connectivity index (χ3n) is 12.3. The Balaban J connectivity index is 2.22. The topological polar surface area (TPSA) is 183 Å². The molecule has 4 N–H and O–H groups in total. The maximum atomic E-state index is 14.2. The second kappa shape index (κ2) is 17.7. The van der Waals surface area contributed by atoms with Crippen LogP contribution < -0.4 is 0 Å². The fourth-order valence-corrected chi connectivity index (χ4v) is 8.58. The van der Waals surface area contributed by atoms with Gasteiger partial charge in [-0.3, -0.25) is 9.59 Å². The maximum Gasteiger partial charge on any atom is 0.311 e. The lowest BCUT2D eigenvalue weighted by atomic mass is 9.74. The summed E-state index contributed by atoms with van der Waals surface area (Å²) in [6, 6.07) is -0.283. The maximum absolute atomic E-state index is 14.2.